The van der Waals surface area contributed by atoms with E-state index >= 15 is 0 Å². The Labute approximate surface area is 114 Å². The summed E-state index contributed by atoms with van der Waals surface area (Å²) in [6.45, 7) is 7.54. The second-order valence-electron chi connectivity index (χ2n) is 5.77. The molecule has 1 atom stereocenters. The van der Waals surface area contributed by atoms with Crippen molar-refractivity contribution in [2.24, 2.45) is 11.8 Å². The highest BCUT2D eigenvalue weighted by atomic mass is 19.1. The molecule has 1 aliphatic rings. The molecule has 1 saturated heterocycles. The smallest absolute Gasteiger partial charge is 0.164 e. The van der Waals surface area contributed by atoms with E-state index in [1.807, 2.05) is 0 Å². The molecule has 1 aromatic carbocycles. The largest absolute Gasteiger partial charge is 0.303 e. The van der Waals surface area contributed by atoms with Gasteiger partial charge in [0.1, 0.15) is 5.82 Å². The van der Waals surface area contributed by atoms with Crippen molar-refractivity contribution in [3.63, 3.8) is 0 Å². The van der Waals surface area contributed by atoms with Gasteiger partial charge in [0.15, 0.2) is 5.78 Å². The minimum absolute atomic E-state index is 0.105. The van der Waals surface area contributed by atoms with Crippen LogP contribution in [0, 0.1) is 17.7 Å². The van der Waals surface area contributed by atoms with Gasteiger partial charge in [-0.1, -0.05) is 13.8 Å². The zero-order valence-electron chi connectivity index (χ0n) is 11.7. The van der Waals surface area contributed by atoms with Crippen LogP contribution >= 0.6 is 0 Å². The van der Waals surface area contributed by atoms with Crippen LogP contribution < -0.4 is 0 Å². The predicted molar refractivity (Wildman–Crippen MR) is 74.7 cm³/mol. The first-order valence-electron chi connectivity index (χ1n) is 7.07. The molecule has 3 heteroatoms. The first-order chi connectivity index (χ1) is 9.06. The van der Waals surface area contributed by atoms with Gasteiger partial charge >= 0.3 is 0 Å². The summed E-state index contributed by atoms with van der Waals surface area (Å²) >= 11 is 0. The summed E-state index contributed by atoms with van der Waals surface area (Å²) in [5.41, 5.74) is 0.612. The average Bonchev–Trinajstić information content (AvgIpc) is 2.86. The Balaban J connectivity index is 1.80. The Kier molecular flexibility index (Phi) is 4.70. The Morgan fingerprint density at radius 1 is 1.37 bits per heavy atom. The Morgan fingerprint density at radius 2 is 2.05 bits per heavy atom. The van der Waals surface area contributed by atoms with E-state index in [4.69, 9.17) is 0 Å². The van der Waals surface area contributed by atoms with Gasteiger partial charge in [-0.25, -0.2) is 4.39 Å². The minimum Gasteiger partial charge on any atom is -0.303 e. The highest BCUT2D eigenvalue weighted by molar-refractivity contribution is 5.96. The summed E-state index contributed by atoms with van der Waals surface area (Å²) in [5.74, 6) is 1.29. The number of Topliss-reactive ketones (excluding diaryl/α,β-unsaturated/α-hetero) is 1. The zero-order chi connectivity index (χ0) is 13.8. The highest BCUT2D eigenvalue weighted by Gasteiger charge is 2.24. The van der Waals surface area contributed by atoms with Gasteiger partial charge in [-0.3, -0.25) is 4.79 Å². The maximum atomic E-state index is 12.8. The number of carbonyl (C=O) groups excluding carboxylic acids is 1. The fourth-order valence-electron chi connectivity index (χ4n) is 2.65. The highest BCUT2D eigenvalue weighted by Crippen LogP contribution is 2.23. The number of rotatable bonds is 5. The monoisotopic (exact) mass is 263 g/mol. The summed E-state index contributed by atoms with van der Waals surface area (Å²) in [7, 11) is 0. The van der Waals surface area contributed by atoms with Gasteiger partial charge < -0.3 is 4.90 Å². The molecule has 0 spiro atoms. The molecule has 104 valence electrons. The summed E-state index contributed by atoms with van der Waals surface area (Å²) in [6.07, 6.45) is 1.76. The summed E-state index contributed by atoms with van der Waals surface area (Å²) in [5, 5.41) is 0. The first kappa shape index (κ1) is 14.2. The van der Waals surface area contributed by atoms with E-state index in [1.165, 1.54) is 18.6 Å². The van der Waals surface area contributed by atoms with Crippen LogP contribution in [0.2, 0.25) is 0 Å². The predicted octanol–water partition coefficient (Wildman–Crippen LogP) is 3.38. The van der Waals surface area contributed by atoms with Crippen LogP contribution in [0.1, 0.15) is 37.0 Å². The van der Waals surface area contributed by atoms with Crippen molar-refractivity contribution in [2.45, 2.75) is 26.7 Å². The number of nitrogens with zero attached hydrogens (tertiary/aromatic N) is 1. The van der Waals surface area contributed by atoms with Crippen molar-refractivity contribution >= 4 is 5.78 Å². The molecule has 0 N–H and O–H groups in total. The lowest BCUT2D eigenvalue weighted by Crippen LogP contribution is -2.24. The summed E-state index contributed by atoms with van der Waals surface area (Å²) in [6, 6.07) is 5.83. The van der Waals surface area contributed by atoms with Crippen LogP contribution in [0.4, 0.5) is 4.39 Å². The molecule has 1 aromatic rings. The molecule has 1 heterocycles. The molecular formula is C16H22FNO. The van der Waals surface area contributed by atoms with Crippen LogP contribution in [0.25, 0.3) is 0 Å². The Bertz CT molecular complexity index is 427. The normalized spacial score (nSPS) is 20.1. The Morgan fingerprint density at radius 3 is 2.63 bits per heavy atom. The molecule has 0 aromatic heterocycles. The number of ketones is 1. The molecule has 0 saturated carbocycles. The number of likely N-dealkylation sites (tertiary alicyclic amines) is 1. The van der Waals surface area contributed by atoms with Crippen LogP contribution in [-0.2, 0) is 0 Å². The lowest BCUT2D eigenvalue weighted by molar-refractivity contribution is 0.0968. The molecule has 2 rings (SSSR count). The molecule has 0 radical (unpaired) electrons. The van der Waals surface area contributed by atoms with Gasteiger partial charge in [0.2, 0.25) is 0 Å². The van der Waals surface area contributed by atoms with Crippen molar-refractivity contribution in [1.29, 1.82) is 0 Å². The van der Waals surface area contributed by atoms with E-state index in [9.17, 15) is 9.18 Å². The maximum absolute atomic E-state index is 12.8. The van der Waals surface area contributed by atoms with E-state index in [-0.39, 0.29) is 11.6 Å². The number of benzene rings is 1. The van der Waals surface area contributed by atoms with Crippen LogP contribution in [0.3, 0.4) is 0 Å². The van der Waals surface area contributed by atoms with Crippen molar-refractivity contribution in [1.82, 2.24) is 4.90 Å². The molecule has 0 amide bonds. The van der Waals surface area contributed by atoms with Crippen molar-refractivity contribution in [3.05, 3.63) is 35.6 Å². The van der Waals surface area contributed by atoms with Gasteiger partial charge in [0.05, 0.1) is 0 Å². The fourth-order valence-corrected chi connectivity index (χ4v) is 2.65. The molecule has 1 aliphatic heterocycles. The summed E-state index contributed by atoms with van der Waals surface area (Å²) in [4.78, 5) is 14.3. The third kappa shape index (κ3) is 3.87. The van der Waals surface area contributed by atoms with Gasteiger partial charge in [-0.2, -0.15) is 0 Å². The van der Waals surface area contributed by atoms with E-state index in [0.717, 1.165) is 31.5 Å². The SMILES string of the molecule is CC(C)C1CCN(CCC(=O)c2ccc(F)cc2)C1. The molecular weight excluding hydrogens is 241 g/mol. The van der Waals surface area contributed by atoms with Gasteiger partial charge in [-0.15, -0.1) is 0 Å². The van der Waals surface area contributed by atoms with Gasteiger partial charge in [0.25, 0.3) is 0 Å². The standard InChI is InChI=1S/C16H22FNO/c1-12(2)14-7-9-18(11-14)10-8-16(19)13-3-5-15(17)6-4-13/h3-6,12,14H,7-11H2,1-2H3. The molecule has 1 unspecified atom stereocenters. The van der Waals surface area contributed by atoms with Gasteiger partial charge in [-0.05, 0) is 49.1 Å². The van der Waals surface area contributed by atoms with Crippen molar-refractivity contribution in [2.75, 3.05) is 19.6 Å². The van der Waals surface area contributed by atoms with E-state index < -0.39 is 0 Å². The lowest BCUT2D eigenvalue weighted by Gasteiger charge is -2.17. The Hall–Kier alpha value is -1.22. The van der Waals surface area contributed by atoms with Crippen LogP contribution in [-0.4, -0.2) is 30.3 Å². The number of carbonyl (C=O) groups is 1. The molecule has 1 fully saturated rings. The number of hydrogen-bond acceptors (Lipinski definition) is 2. The third-order valence-corrected chi connectivity index (χ3v) is 4.07. The first-order valence-corrected chi connectivity index (χ1v) is 7.07. The zero-order valence-corrected chi connectivity index (χ0v) is 11.7. The van der Waals surface area contributed by atoms with Crippen molar-refractivity contribution < 1.29 is 9.18 Å². The fraction of sp³-hybridized carbons (Fsp3) is 0.562. The topological polar surface area (TPSA) is 20.3 Å². The molecule has 2 nitrogen and oxygen atoms in total. The van der Waals surface area contributed by atoms with E-state index in [0.29, 0.717) is 12.0 Å². The van der Waals surface area contributed by atoms with Gasteiger partial charge in [0, 0.05) is 25.1 Å². The van der Waals surface area contributed by atoms with Crippen LogP contribution in [0.15, 0.2) is 24.3 Å². The average molecular weight is 263 g/mol. The van der Waals surface area contributed by atoms with E-state index in [1.54, 1.807) is 12.1 Å². The molecule has 19 heavy (non-hydrogen) atoms. The van der Waals surface area contributed by atoms with Crippen LogP contribution in [0.5, 0.6) is 0 Å². The quantitative estimate of drug-likeness (QED) is 0.759. The molecule has 0 aliphatic carbocycles. The number of hydrogen-bond donors (Lipinski definition) is 0. The lowest BCUT2D eigenvalue weighted by atomic mass is 9.95. The van der Waals surface area contributed by atoms with Crippen molar-refractivity contribution in [3.8, 4) is 0 Å². The minimum atomic E-state index is -0.295. The third-order valence-electron chi connectivity index (χ3n) is 4.07. The maximum Gasteiger partial charge on any atom is 0.164 e. The van der Waals surface area contributed by atoms with E-state index in [2.05, 4.69) is 18.7 Å². The molecule has 0 bridgehead atoms. The summed E-state index contributed by atoms with van der Waals surface area (Å²) < 4.78 is 12.8. The number of halogens is 1. The second-order valence-corrected chi connectivity index (χ2v) is 5.77. The second kappa shape index (κ2) is 6.29.